The Morgan fingerprint density at radius 2 is 1.90 bits per heavy atom. The molecule has 1 aromatic carbocycles. The number of halogens is 1. The maximum Gasteiger partial charge on any atom is 0.496 e. The van der Waals surface area contributed by atoms with E-state index in [0.29, 0.717) is 29.9 Å². The van der Waals surface area contributed by atoms with Crippen LogP contribution >= 0.6 is 11.6 Å². The lowest BCUT2D eigenvalue weighted by molar-refractivity contribution is -0.147. The molecule has 1 aromatic rings. The molecule has 0 radical (unpaired) electrons. The number of sulfonamides is 1. The van der Waals surface area contributed by atoms with Gasteiger partial charge in [0.2, 0.25) is 10.0 Å². The summed E-state index contributed by atoms with van der Waals surface area (Å²) in [6, 6.07) is 3.70. The van der Waals surface area contributed by atoms with E-state index in [2.05, 4.69) is 0 Å². The van der Waals surface area contributed by atoms with E-state index in [-0.39, 0.29) is 11.4 Å². The molecule has 0 amide bonds. The second-order valence-corrected chi connectivity index (χ2v) is 11.4. The van der Waals surface area contributed by atoms with Gasteiger partial charge in [0.25, 0.3) is 0 Å². The van der Waals surface area contributed by atoms with Crippen LogP contribution in [0.1, 0.15) is 60.3 Å². The molecule has 1 atom stereocenters. The number of carbonyl (C=O) groups is 1. The molecular weight excluding hydrogens is 441 g/mol. The van der Waals surface area contributed by atoms with Crippen LogP contribution in [0.25, 0.3) is 0 Å². The van der Waals surface area contributed by atoms with E-state index in [1.54, 1.807) is 6.07 Å². The van der Waals surface area contributed by atoms with E-state index in [0.717, 1.165) is 12.8 Å². The molecule has 0 spiro atoms. The van der Waals surface area contributed by atoms with E-state index >= 15 is 0 Å². The lowest BCUT2D eigenvalue weighted by Crippen LogP contribution is -2.45. The summed E-state index contributed by atoms with van der Waals surface area (Å²) in [7, 11) is -4.91. The second-order valence-electron chi connectivity index (χ2n) is 9.07. The summed E-state index contributed by atoms with van der Waals surface area (Å²) in [6.07, 6.45) is 2.66. The van der Waals surface area contributed by atoms with E-state index in [1.165, 1.54) is 16.4 Å². The molecule has 7 nitrogen and oxygen atoms in total. The molecule has 0 aromatic heterocycles. The summed E-state index contributed by atoms with van der Waals surface area (Å²) in [6.45, 7) is 10.1. The standard InChI is InChI=1S/C21H31BClNO6S/c1-6-7-13-28-19(25)17-9-8-12-24(17)31(26,27)18-11-10-15(23)14-16(18)22-29-20(2,3)21(4,5)30-22/h10-11,14,17H,6-9,12-13H2,1-5H3/t17-/m0/s1. The Kier molecular flexibility index (Phi) is 7.13. The fourth-order valence-electron chi connectivity index (χ4n) is 3.71. The van der Waals surface area contributed by atoms with Crippen molar-refractivity contribution < 1.29 is 27.3 Å². The highest BCUT2D eigenvalue weighted by molar-refractivity contribution is 7.89. The van der Waals surface area contributed by atoms with Crippen molar-refractivity contribution in [3.05, 3.63) is 23.2 Å². The van der Waals surface area contributed by atoms with Crippen molar-refractivity contribution in [3.63, 3.8) is 0 Å². The van der Waals surface area contributed by atoms with Crippen molar-refractivity contribution in [1.29, 1.82) is 0 Å². The number of hydrogen-bond donors (Lipinski definition) is 0. The van der Waals surface area contributed by atoms with Gasteiger partial charge in [-0.05, 0) is 65.2 Å². The van der Waals surface area contributed by atoms with Gasteiger partial charge in [0.05, 0.1) is 22.7 Å². The minimum atomic E-state index is -4.01. The summed E-state index contributed by atoms with van der Waals surface area (Å²) in [5.41, 5.74) is -0.947. The quantitative estimate of drug-likeness (QED) is 0.345. The fourth-order valence-corrected chi connectivity index (χ4v) is 5.73. The lowest BCUT2D eigenvalue weighted by atomic mass is 9.79. The highest BCUT2D eigenvalue weighted by Crippen LogP contribution is 2.37. The topological polar surface area (TPSA) is 82.1 Å². The van der Waals surface area contributed by atoms with Crippen LogP contribution in [0.4, 0.5) is 0 Å². The summed E-state index contributed by atoms with van der Waals surface area (Å²) in [5, 5.41) is 0.376. The van der Waals surface area contributed by atoms with Gasteiger partial charge >= 0.3 is 13.1 Å². The first-order valence-corrected chi connectivity index (χ1v) is 12.6. The van der Waals surface area contributed by atoms with Gasteiger partial charge in [-0.1, -0.05) is 24.9 Å². The fraction of sp³-hybridized carbons (Fsp3) is 0.667. The van der Waals surface area contributed by atoms with Crippen molar-refractivity contribution in [2.75, 3.05) is 13.2 Å². The van der Waals surface area contributed by atoms with Crippen molar-refractivity contribution in [2.24, 2.45) is 0 Å². The van der Waals surface area contributed by atoms with Crippen LogP contribution in [0.3, 0.4) is 0 Å². The van der Waals surface area contributed by atoms with Crippen LogP contribution in [-0.4, -0.2) is 56.2 Å². The number of unbranched alkanes of at least 4 members (excludes halogenated alkanes) is 1. The van der Waals surface area contributed by atoms with Gasteiger partial charge in [-0.2, -0.15) is 4.31 Å². The second kappa shape index (κ2) is 9.02. The number of esters is 1. The first-order chi connectivity index (χ1) is 14.4. The highest BCUT2D eigenvalue weighted by atomic mass is 35.5. The largest absolute Gasteiger partial charge is 0.496 e. The number of nitrogens with zero attached hydrogens (tertiary/aromatic N) is 1. The highest BCUT2D eigenvalue weighted by Gasteiger charge is 2.53. The molecule has 3 rings (SSSR count). The Labute approximate surface area is 190 Å². The Hall–Kier alpha value is -1.13. The van der Waals surface area contributed by atoms with Gasteiger partial charge < -0.3 is 14.0 Å². The average Bonchev–Trinajstić information content (AvgIpc) is 3.25. The molecular formula is C21H31BClNO6S. The van der Waals surface area contributed by atoms with Crippen LogP contribution in [0.5, 0.6) is 0 Å². The van der Waals surface area contributed by atoms with Crippen LogP contribution in [-0.2, 0) is 28.9 Å². The van der Waals surface area contributed by atoms with Gasteiger partial charge in [-0.15, -0.1) is 0 Å². The van der Waals surface area contributed by atoms with Crippen LogP contribution in [0, 0.1) is 0 Å². The van der Waals surface area contributed by atoms with Gasteiger partial charge in [0, 0.05) is 17.0 Å². The number of carbonyl (C=O) groups excluding carboxylic acids is 1. The van der Waals surface area contributed by atoms with E-state index in [9.17, 15) is 13.2 Å². The molecule has 0 N–H and O–H groups in total. The zero-order chi connectivity index (χ0) is 23.0. The predicted octanol–water partition coefficient (Wildman–Crippen LogP) is 3.14. The normalized spacial score (nSPS) is 23.3. The van der Waals surface area contributed by atoms with Gasteiger partial charge in [0.15, 0.2) is 0 Å². The van der Waals surface area contributed by atoms with Crippen molar-refractivity contribution in [1.82, 2.24) is 4.31 Å². The lowest BCUT2D eigenvalue weighted by Gasteiger charge is -2.32. The summed E-state index contributed by atoms with van der Waals surface area (Å²) in [5.74, 6) is -0.499. The van der Waals surface area contributed by atoms with E-state index < -0.39 is 40.4 Å². The van der Waals surface area contributed by atoms with Crippen LogP contribution < -0.4 is 5.46 Å². The third kappa shape index (κ3) is 4.81. The molecule has 0 saturated carbocycles. The summed E-state index contributed by atoms with van der Waals surface area (Å²) >= 11 is 6.20. The van der Waals surface area contributed by atoms with Crippen molar-refractivity contribution in [2.45, 2.75) is 82.4 Å². The van der Waals surface area contributed by atoms with Gasteiger partial charge in [-0.3, -0.25) is 4.79 Å². The third-order valence-corrected chi connectivity index (χ3v) is 8.50. The molecule has 0 aliphatic carbocycles. The smallest absolute Gasteiger partial charge is 0.464 e. The molecule has 2 saturated heterocycles. The van der Waals surface area contributed by atoms with E-state index in [4.69, 9.17) is 25.6 Å². The molecule has 0 bridgehead atoms. The van der Waals surface area contributed by atoms with E-state index in [1.807, 2.05) is 34.6 Å². The summed E-state index contributed by atoms with van der Waals surface area (Å²) < 4.78 is 46.0. The number of benzene rings is 1. The molecule has 2 fully saturated rings. The monoisotopic (exact) mass is 471 g/mol. The number of hydrogen-bond acceptors (Lipinski definition) is 6. The first-order valence-electron chi connectivity index (χ1n) is 10.7. The number of ether oxygens (including phenoxy) is 1. The van der Waals surface area contributed by atoms with Crippen molar-refractivity contribution in [3.8, 4) is 0 Å². The minimum Gasteiger partial charge on any atom is -0.464 e. The molecule has 2 aliphatic heterocycles. The predicted molar refractivity (Wildman–Crippen MR) is 120 cm³/mol. The molecule has 31 heavy (non-hydrogen) atoms. The summed E-state index contributed by atoms with van der Waals surface area (Å²) in [4.78, 5) is 12.6. The van der Waals surface area contributed by atoms with Gasteiger partial charge in [0.1, 0.15) is 6.04 Å². The first kappa shape index (κ1) is 24.5. The zero-order valence-corrected chi connectivity index (χ0v) is 20.4. The Morgan fingerprint density at radius 1 is 1.26 bits per heavy atom. The third-order valence-electron chi connectivity index (χ3n) is 6.28. The van der Waals surface area contributed by atoms with Gasteiger partial charge in [-0.25, -0.2) is 8.42 Å². The maximum atomic E-state index is 13.7. The molecule has 2 aliphatic rings. The maximum absolute atomic E-state index is 13.7. The Bertz CT molecular complexity index is 920. The SMILES string of the molecule is CCCCOC(=O)[C@@H]1CCCN1S(=O)(=O)c1ccc(Cl)cc1B1OC(C)(C)C(C)(C)O1. The Balaban J connectivity index is 1.94. The average molecular weight is 472 g/mol. The van der Waals surface area contributed by atoms with Crippen molar-refractivity contribution >= 4 is 40.2 Å². The van der Waals surface area contributed by atoms with Crippen LogP contribution in [0.15, 0.2) is 23.1 Å². The molecule has 10 heteroatoms. The Morgan fingerprint density at radius 3 is 2.52 bits per heavy atom. The minimum absolute atomic E-state index is 0.0312. The molecule has 172 valence electrons. The van der Waals surface area contributed by atoms with Crippen LogP contribution in [0.2, 0.25) is 5.02 Å². The number of rotatable bonds is 7. The molecule has 0 unspecified atom stereocenters. The molecule has 2 heterocycles. The zero-order valence-electron chi connectivity index (χ0n) is 18.8.